The van der Waals surface area contributed by atoms with Crippen LogP contribution in [-0.2, 0) is 18.3 Å². The summed E-state index contributed by atoms with van der Waals surface area (Å²) < 4.78 is 12.6. The van der Waals surface area contributed by atoms with Crippen molar-refractivity contribution in [3.8, 4) is 11.5 Å². The van der Waals surface area contributed by atoms with Crippen molar-refractivity contribution in [2.24, 2.45) is 7.05 Å². The van der Waals surface area contributed by atoms with Crippen LogP contribution in [0.3, 0.4) is 0 Å². The number of hydrogen-bond donors (Lipinski definition) is 1. The first-order valence-electron chi connectivity index (χ1n) is 8.81. The van der Waals surface area contributed by atoms with E-state index in [9.17, 15) is 4.79 Å². The number of imidazole rings is 1. The molecule has 0 radical (unpaired) electrons. The second kappa shape index (κ2) is 8.23. The van der Waals surface area contributed by atoms with Gasteiger partial charge in [-0.05, 0) is 24.1 Å². The number of hydrogen-bond acceptors (Lipinski definition) is 5. The number of aryl methyl sites for hydroxylation is 2. The van der Waals surface area contributed by atoms with E-state index in [4.69, 9.17) is 9.47 Å². The van der Waals surface area contributed by atoms with Gasteiger partial charge in [-0.3, -0.25) is 4.79 Å². The van der Waals surface area contributed by atoms with E-state index in [1.807, 2.05) is 40.9 Å². The monoisotopic (exact) mass is 358 g/mol. The number of ether oxygens (including phenoxy) is 2. The van der Waals surface area contributed by atoms with Gasteiger partial charge in [0.2, 0.25) is 5.91 Å². The van der Waals surface area contributed by atoms with Gasteiger partial charge in [-0.1, -0.05) is 0 Å². The summed E-state index contributed by atoms with van der Waals surface area (Å²) in [6, 6.07) is 5.70. The van der Waals surface area contributed by atoms with Gasteiger partial charge >= 0.3 is 0 Å². The Bertz CT molecular complexity index is 737. The molecule has 2 heterocycles. The Morgan fingerprint density at radius 1 is 1.27 bits per heavy atom. The molecule has 0 spiro atoms. The Kier molecular flexibility index (Phi) is 5.78. The summed E-state index contributed by atoms with van der Waals surface area (Å²) in [4.78, 5) is 19.3. The third-order valence-corrected chi connectivity index (χ3v) is 4.76. The summed E-state index contributed by atoms with van der Waals surface area (Å²) in [5.41, 5.74) is 1.03. The van der Waals surface area contributed by atoms with Gasteiger partial charge in [0, 0.05) is 51.6 Å². The molecule has 1 amide bonds. The maximum Gasteiger partial charge on any atom is 0.223 e. The first-order valence-corrected chi connectivity index (χ1v) is 8.81. The number of nitrogens with zero attached hydrogens (tertiary/aromatic N) is 3. The number of carbonyl (C=O) groups is 1. The molecule has 0 bridgehead atoms. The van der Waals surface area contributed by atoms with Gasteiger partial charge in [-0.25, -0.2) is 4.98 Å². The van der Waals surface area contributed by atoms with Gasteiger partial charge in [0.1, 0.15) is 23.4 Å². The SMILES string of the molecule is COc1cc(CCC(=O)N2CCNCC2c2nccn2C)cc(OC)c1. The summed E-state index contributed by atoms with van der Waals surface area (Å²) in [6.45, 7) is 2.22. The molecular formula is C19H26N4O3. The van der Waals surface area contributed by atoms with Crippen LogP contribution in [0.4, 0.5) is 0 Å². The normalized spacial score (nSPS) is 17.2. The van der Waals surface area contributed by atoms with Gasteiger partial charge in [0.15, 0.2) is 0 Å². The molecule has 1 N–H and O–H groups in total. The molecule has 0 aliphatic carbocycles. The average Bonchev–Trinajstić information content (AvgIpc) is 3.11. The van der Waals surface area contributed by atoms with Crippen LogP contribution in [0, 0.1) is 0 Å². The average molecular weight is 358 g/mol. The number of carbonyl (C=O) groups excluding carboxylic acids is 1. The summed E-state index contributed by atoms with van der Waals surface area (Å²) in [5.74, 6) is 2.52. The number of piperazine rings is 1. The molecule has 0 saturated carbocycles. The zero-order chi connectivity index (χ0) is 18.5. The van der Waals surface area contributed by atoms with Crippen molar-refractivity contribution in [3.05, 3.63) is 42.0 Å². The van der Waals surface area contributed by atoms with E-state index in [1.165, 1.54) is 0 Å². The molecule has 1 aliphatic rings. The smallest absolute Gasteiger partial charge is 0.223 e. The molecule has 1 fully saturated rings. The molecule has 3 rings (SSSR count). The standard InChI is InChI=1S/C19H26N4O3/c1-22-8-7-21-19(22)17-13-20-6-9-23(17)18(24)5-4-14-10-15(25-2)12-16(11-14)26-3/h7-8,10-12,17,20H,4-6,9,13H2,1-3H3. The molecule has 1 atom stereocenters. The lowest BCUT2D eigenvalue weighted by Gasteiger charge is -2.36. The second-order valence-corrected chi connectivity index (χ2v) is 6.42. The minimum absolute atomic E-state index is 0.0314. The molecule has 1 aliphatic heterocycles. The first kappa shape index (κ1) is 18.3. The Balaban J connectivity index is 1.69. The highest BCUT2D eigenvalue weighted by Gasteiger charge is 2.30. The zero-order valence-corrected chi connectivity index (χ0v) is 15.6. The fraction of sp³-hybridized carbons (Fsp3) is 0.474. The van der Waals surface area contributed by atoms with Gasteiger partial charge < -0.3 is 24.3 Å². The molecule has 7 heteroatoms. The summed E-state index contributed by atoms with van der Waals surface area (Å²) in [7, 11) is 5.21. The van der Waals surface area contributed by atoms with Crippen LogP contribution < -0.4 is 14.8 Å². The molecule has 1 aromatic carbocycles. The number of rotatable bonds is 6. The topological polar surface area (TPSA) is 68.6 Å². The van der Waals surface area contributed by atoms with Crippen molar-refractivity contribution < 1.29 is 14.3 Å². The minimum atomic E-state index is -0.0314. The third-order valence-electron chi connectivity index (χ3n) is 4.76. The lowest BCUT2D eigenvalue weighted by Crippen LogP contribution is -2.49. The molecular weight excluding hydrogens is 332 g/mol. The summed E-state index contributed by atoms with van der Waals surface area (Å²) >= 11 is 0. The predicted molar refractivity (Wildman–Crippen MR) is 98.4 cm³/mol. The Morgan fingerprint density at radius 3 is 2.62 bits per heavy atom. The van der Waals surface area contributed by atoms with Crippen molar-refractivity contribution >= 4 is 5.91 Å². The predicted octanol–water partition coefficient (Wildman–Crippen LogP) is 1.54. The van der Waals surface area contributed by atoms with E-state index in [0.29, 0.717) is 19.4 Å². The largest absolute Gasteiger partial charge is 0.497 e. The van der Waals surface area contributed by atoms with Crippen molar-refractivity contribution in [2.75, 3.05) is 33.9 Å². The van der Waals surface area contributed by atoms with Gasteiger partial charge in [-0.15, -0.1) is 0 Å². The van der Waals surface area contributed by atoms with Crippen LogP contribution in [0.25, 0.3) is 0 Å². The van der Waals surface area contributed by atoms with Crippen molar-refractivity contribution in [1.82, 2.24) is 19.8 Å². The first-order chi connectivity index (χ1) is 12.6. The molecule has 26 heavy (non-hydrogen) atoms. The van der Waals surface area contributed by atoms with E-state index >= 15 is 0 Å². The quantitative estimate of drug-likeness (QED) is 0.848. The second-order valence-electron chi connectivity index (χ2n) is 6.42. The highest BCUT2D eigenvalue weighted by molar-refractivity contribution is 5.77. The van der Waals surface area contributed by atoms with Crippen LogP contribution in [0.15, 0.2) is 30.6 Å². The van der Waals surface area contributed by atoms with Crippen LogP contribution in [-0.4, -0.2) is 54.2 Å². The van der Waals surface area contributed by atoms with Crippen molar-refractivity contribution in [2.45, 2.75) is 18.9 Å². The van der Waals surface area contributed by atoms with E-state index < -0.39 is 0 Å². The fourth-order valence-corrected chi connectivity index (χ4v) is 3.34. The summed E-state index contributed by atoms with van der Waals surface area (Å²) in [5, 5.41) is 3.36. The van der Waals surface area contributed by atoms with Crippen molar-refractivity contribution in [3.63, 3.8) is 0 Å². The van der Waals surface area contributed by atoms with Crippen LogP contribution in [0.5, 0.6) is 11.5 Å². The highest BCUT2D eigenvalue weighted by atomic mass is 16.5. The van der Waals surface area contributed by atoms with Crippen molar-refractivity contribution in [1.29, 1.82) is 0 Å². The lowest BCUT2D eigenvalue weighted by molar-refractivity contribution is -0.134. The molecule has 2 aromatic rings. The van der Waals surface area contributed by atoms with Gasteiger partial charge in [0.05, 0.1) is 14.2 Å². The minimum Gasteiger partial charge on any atom is -0.497 e. The fourth-order valence-electron chi connectivity index (χ4n) is 3.34. The van der Waals surface area contributed by atoms with E-state index in [1.54, 1.807) is 20.4 Å². The maximum atomic E-state index is 12.9. The van der Waals surface area contributed by atoms with Crippen LogP contribution in [0.1, 0.15) is 23.9 Å². The third kappa shape index (κ3) is 3.99. The molecule has 7 nitrogen and oxygen atoms in total. The highest BCUT2D eigenvalue weighted by Crippen LogP contribution is 2.25. The Hall–Kier alpha value is -2.54. The van der Waals surface area contributed by atoms with Gasteiger partial charge in [0.25, 0.3) is 0 Å². The van der Waals surface area contributed by atoms with E-state index in [0.717, 1.165) is 36.0 Å². The summed E-state index contributed by atoms with van der Waals surface area (Å²) in [6.07, 6.45) is 4.77. The zero-order valence-electron chi connectivity index (χ0n) is 15.6. The lowest BCUT2D eigenvalue weighted by atomic mass is 10.1. The number of methoxy groups -OCH3 is 2. The Labute approximate surface area is 153 Å². The number of nitrogens with one attached hydrogen (secondary N) is 1. The molecule has 1 aromatic heterocycles. The number of aromatic nitrogens is 2. The number of amides is 1. The van der Waals surface area contributed by atoms with E-state index in [2.05, 4.69) is 10.3 Å². The van der Waals surface area contributed by atoms with Crippen LogP contribution in [0.2, 0.25) is 0 Å². The molecule has 140 valence electrons. The molecule has 1 unspecified atom stereocenters. The van der Waals surface area contributed by atoms with Crippen LogP contribution >= 0.6 is 0 Å². The maximum absolute atomic E-state index is 12.9. The number of benzene rings is 1. The van der Waals surface area contributed by atoms with Gasteiger partial charge in [-0.2, -0.15) is 0 Å². The Morgan fingerprint density at radius 2 is 2.00 bits per heavy atom. The van der Waals surface area contributed by atoms with E-state index in [-0.39, 0.29) is 11.9 Å². The molecule has 1 saturated heterocycles.